The van der Waals surface area contributed by atoms with Crippen molar-refractivity contribution in [2.75, 3.05) is 5.32 Å². The molecule has 1 aromatic carbocycles. The molecule has 6 nitrogen and oxygen atoms in total. The number of guanidine groups is 1. The molecule has 130 valence electrons. The SMILES string of the molecule is I.NC(=NCc1nnc2ccccn12)Nc1cccc2c1CCCC2. The molecule has 0 spiro atoms. The van der Waals surface area contributed by atoms with E-state index in [1.54, 1.807) is 0 Å². The molecule has 2 heterocycles. The summed E-state index contributed by atoms with van der Waals surface area (Å²) in [5.41, 5.74) is 10.8. The van der Waals surface area contributed by atoms with E-state index in [1.807, 2.05) is 28.8 Å². The van der Waals surface area contributed by atoms with E-state index in [0.717, 1.165) is 30.0 Å². The van der Waals surface area contributed by atoms with Crippen molar-refractivity contribution in [3.63, 3.8) is 0 Å². The molecule has 0 fully saturated rings. The Kier molecular flexibility index (Phi) is 5.52. The predicted octanol–water partition coefficient (Wildman–Crippen LogP) is 3.15. The van der Waals surface area contributed by atoms with Crippen LogP contribution in [-0.2, 0) is 19.4 Å². The molecule has 0 amide bonds. The number of nitrogens with two attached hydrogens (primary N) is 1. The lowest BCUT2D eigenvalue weighted by atomic mass is 9.90. The minimum absolute atomic E-state index is 0. The molecular weight excluding hydrogens is 427 g/mol. The van der Waals surface area contributed by atoms with Gasteiger partial charge in [-0.05, 0) is 55.0 Å². The summed E-state index contributed by atoms with van der Waals surface area (Å²) in [5, 5.41) is 11.5. The van der Waals surface area contributed by atoms with Crippen LogP contribution in [0.3, 0.4) is 0 Å². The second-order valence-electron chi connectivity index (χ2n) is 6.02. The van der Waals surface area contributed by atoms with E-state index in [4.69, 9.17) is 5.73 Å². The Balaban J connectivity index is 0.00000182. The summed E-state index contributed by atoms with van der Waals surface area (Å²) >= 11 is 0. The first kappa shape index (κ1) is 17.7. The lowest BCUT2D eigenvalue weighted by Crippen LogP contribution is -2.24. The highest BCUT2D eigenvalue weighted by Crippen LogP contribution is 2.27. The molecule has 2 aromatic heterocycles. The molecule has 0 atom stereocenters. The highest BCUT2D eigenvalue weighted by Gasteiger charge is 2.13. The van der Waals surface area contributed by atoms with Crippen molar-refractivity contribution in [2.24, 2.45) is 10.7 Å². The largest absolute Gasteiger partial charge is 0.370 e. The first-order chi connectivity index (χ1) is 11.8. The van der Waals surface area contributed by atoms with Crippen LogP contribution < -0.4 is 11.1 Å². The number of nitrogens with one attached hydrogen (secondary N) is 1. The highest BCUT2D eigenvalue weighted by atomic mass is 127. The minimum atomic E-state index is 0. The molecule has 25 heavy (non-hydrogen) atoms. The molecular formula is C18H21IN6. The summed E-state index contributed by atoms with van der Waals surface area (Å²) < 4.78 is 1.92. The van der Waals surface area contributed by atoms with Crippen LogP contribution in [0, 0.1) is 0 Å². The number of fused-ring (bicyclic) bond motifs is 2. The van der Waals surface area contributed by atoms with Gasteiger partial charge >= 0.3 is 0 Å². The monoisotopic (exact) mass is 448 g/mol. The zero-order valence-corrected chi connectivity index (χ0v) is 16.2. The van der Waals surface area contributed by atoms with Gasteiger partial charge in [-0.25, -0.2) is 4.99 Å². The molecule has 0 bridgehead atoms. The number of pyridine rings is 1. The van der Waals surface area contributed by atoms with Gasteiger partial charge in [-0.2, -0.15) is 0 Å². The van der Waals surface area contributed by atoms with Crippen molar-refractivity contribution in [3.8, 4) is 0 Å². The summed E-state index contributed by atoms with van der Waals surface area (Å²) in [5.74, 6) is 1.17. The van der Waals surface area contributed by atoms with Gasteiger partial charge in [0.15, 0.2) is 17.4 Å². The van der Waals surface area contributed by atoms with Crippen LogP contribution in [0.15, 0.2) is 47.6 Å². The Morgan fingerprint density at radius 3 is 2.92 bits per heavy atom. The average molecular weight is 448 g/mol. The number of halogens is 1. The second kappa shape index (κ2) is 7.81. The molecule has 3 aromatic rings. The minimum Gasteiger partial charge on any atom is -0.370 e. The Morgan fingerprint density at radius 1 is 1.12 bits per heavy atom. The van der Waals surface area contributed by atoms with Gasteiger partial charge in [0.1, 0.15) is 6.54 Å². The van der Waals surface area contributed by atoms with E-state index < -0.39 is 0 Å². The van der Waals surface area contributed by atoms with Crippen LogP contribution in [0.5, 0.6) is 0 Å². The van der Waals surface area contributed by atoms with Gasteiger partial charge in [0.2, 0.25) is 0 Å². The smallest absolute Gasteiger partial charge is 0.193 e. The third-order valence-corrected chi connectivity index (χ3v) is 4.43. The normalized spacial score (nSPS) is 14.0. The number of aromatic nitrogens is 3. The van der Waals surface area contributed by atoms with Crippen molar-refractivity contribution in [2.45, 2.75) is 32.2 Å². The second-order valence-corrected chi connectivity index (χ2v) is 6.02. The van der Waals surface area contributed by atoms with Crippen LogP contribution in [0.25, 0.3) is 5.65 Å². The zero-order chi connectivity index (χ0) is 16.4. The van der Waals surface area contributed by atoms with E-state index >= 15 is 0 Å². The molecule has 7 heteroatoms. The van der Waals surface area contributed by atoms with Gasteiger partial charge in [-0.15, -0.1) is 34.2 Å². The number of aliphatic imine (C=N–C) groups is 1. The maximum Gasteiger partial charge on any atom is 0.193 e. The zero-order valence-electron chi connectivity index (χ0n) is 13.9. The van der Waals surface area contributed by atoms with Gasteiger partial charge in [-0.3, -0.25) is 4.40 Å². The number of aryl methyl sites for hydroxylation is 1. The number of rotatable bonds is 3. The maximum absolute atomic E-state index is 6.08. The van der Waals surface area contributed by atoms with Gasteiger partial charge in [0, 0.05) is 11.9 Å². The Bertz CT molecular complexity index is 901. The summed E-state index contributed by atoms with van der Waals surface area (Å²) in [6.45, 7) is 0.388. The summed E-state index contributed by atoms with van der Waals surface area (Å²) in [7, 11) is 0. The fraction of sp³-hybridized carbons (Fsp3) is 0.278. The Morgan fingerprint density at radius 2 is 2.00 bits per heavy atom. The first-order valence-corrected chi connectivity index (χ1v) is 8.27. The van der Waals surface area contributed by atoms with E-state index in [1.165, 1.54) is 24.0 Å². The third-order valence-electron chi connectivity index (χ3n) is 4.43. The molecule has 0 saturated carbocycles. The molecule has 0 saturated heterocycles. The Labute approximate surface area is 163 Å². The number of nitrogens with zero attached hydrogens (tertiary/aromatic N) is 4. The predicted molar refractivity (Wildman–Crippen MR) is 110 cm³/mol. The van der Waals surface area contributed by atoms with E-state index in [2.05, 4.69) is 38.7 Å². The van der Waals surface area contributed by atoms with E-state index in [-0.39, 0.29) is 24.0 Å². The molecule has 1 aliphatic rings. The van der Waals surface area contributed by atoms with Crippen molar-refractivity contribution in [1.29, 1.82) is 0 Å². The van der Waals surface area contributed by atoms with Crippen LogP contribution in [-0.4, -0.2) is 20.6 Å². The lowest BCUT2D eigenvalue weighted by Gasteiger charge is -2.19. The van der Waals surface area contributed by atoms with Crippen LogP contribution in [0.4, 0.5) is 5.69 Å². The van der Waals surface area contributed by atoms with Gasteiger partial charge < -0.3 is 11.1 Å². The topological polar surface area (TPSA) is 80.6 Å². The number of benzene rings is 1. The molecule has 1 aliphatic carbocycles. The molecule has 0 radical (unpaired) electrons. The van der Waals surface area contributed by atoms with Crippen molar-refractivity contribution < 1.29 is 0 Å². The first-order valence-electron chi connectivity index (χ1n) is 8.27. The highest BCUT2D eigenvalue weighted by molar-refractivity contribution is 14.0. The van der Waals surface area contributed by atoms with Crippen LogP contribution >= 0.6 is 24.0 Å². The van der Waals surface area contributed by atoms with Crippen molar-refractivity contribution in [3.05, 3.63) is 59.5 Å². The number of hydrogen-bond acceptors (Lipinski definition) is 3. The lowest BCUT2D eigenvalue weighted by molar-refractivity contribution is 0.687. The van der Waals surface area contributed by atoms with Crippen molar-refractivity contribution in [1.82, 2.24) is 14.6 Å². The molecule has 4 rings (SSSR count). The standard InChI is InChI=1S/C18H20N6.HI/c19-18(20-12-17-23-22-16-10-3-4-11-24(16)17)21-15-9-5-7-13-6-1-2-8-14(13)15;/h3-5,7,9-11H,1-2,6,8,12H2,(H3,19,20,21);1H. The summed E-state index contributed by atoms with van der Waals surface area (Å²) in [6.07, 6.45) is 6.67. The molecule has 3 N–H and O–H groups in total. The summed E-state index contributed by atoms with van der Waals surface area (Å²) in [6, 6.07) is 12.1. The number of anilines is 1. The number of hydrogen-bond donors (Lipinski definition) is 2. The maximum atomic E-state index is 6.08. The fourth-order valence-electron chi connectivity index (χ4n) is 3.23. The third kappa shape index (κ3) is 3.76. The summed E-state index contributed by atoms with van der Waals surface area (Å²) in [4.78, 5) is 4.42. The van der Waals surface area contributed by atoms with E-state index in [0.29, 0.717) is 12.5 Å². The fourth-order valence-corrected chi connectivity index (χ4v) is 3.23. The Hall–Kier alpha value is -2.16. The van der Waals surface area contributed by atoms with Gasteiger partial charge in [-0.1, -0.05) is 18.2 Å². The van der Waals surface area contributed by atoms with Gasteiger partial charge in [0.05, 0.1) is 0 Å². The van der Waals surface area contributed by atoms with Crippen molar-refractivity contribution >= 4 is 41.3 Å². The van der Waals surface area contributed by atoms with Crippen LogP contribution in [0.1, 0.15) is 29.8 Å². The molecule has 0 aliphatic heterocycles. The average Bonchev–Trinajstić information content (AvgIpc) is 3.04. The van der Waals surface area contributed by atoms with Gasteiger partial charge in [0.25, 0.3) is 0 Å². The molecule has 0 unspecified atom stereocenters. The quantitative estimate of drug-likeness (QED) is 0.367. The van der Waals surface area contributed by atoms with Crippen LogP contribution in [0.2, 0.25) is 0 Å². The van der Waals surface area contributed by atoms with E-state index in [9.17, 15) is 0 Å².